The highest BCUT2D eigenvalue weighted by atomic mass is 32.2. The molecule has 0 saturated carbocycles. The van der Waals surface area contributed by atoms with Gasteiger partial charge in [0.15, 0.2) is 0 Å². The molecule has 2 fully saturated rings. The number of nitrogens with one attached hydrogen (secondary N) is 2. The maximum Gasteiger partial charge on any atom is 0.251 e. The fourth-order valence-electron chi connectivity index (χ4n) is 3.33. The van der Waals surface area contributed by atoms with E-state index in [1.54, 1.807) is 24.3 Å². The van der Waals surface area contributed by atoms with Gasteiger partial charge in [-0.1, -0.05) is 13.0 Å². The number of carbonyl (C=O) groups excluding carboxylic acids is 1. The number of benzene rings is 1. The third kappa shape index (κ3) is 3.72. The minimum atomic E-state index is -3.23. The molecule has 1 amide bonds. The Morgan fingerprint density at radius 1 is 1.33 bits per heavy atom. The average molecular weight is 351 g/mol. The second-order valence-electron chi connectivity index (χ2n) is 7.04. The zero-order valence-electron chi connectivity index (χ0n) is 14.0. The predicted octanol–water partition coefficient (Wildman–Crippen LogP) is 1.35. The van der Waals surface area contributed by atoms with Crippen molar-refractivity contribution in [1.82, 2.24) is 10.6 Å². The lowest BCUT2D eigenvalue weighted by atomic mass is 9.81. The van der Waals surface area contributed by atoms with E-state index in [-0.39, 0.29) is 17.1 Å². The maximum atomic E-state index is 12.5. The first-order valence-electron chi connectivity index (χ1n) is 8.49. The highest BCUT2D eigenvalue weighted by Crippen LogP contribution is 2.27. The van der Waals surface area contributed by atoms with Crippen LogP contribution in [0.15, 0.2) is 24.3 Å². The molecule has 0 aliphatic carbocycles. The minimum Gasteiger partial charge on any atom is -0.351 e. The first-order chi connectivity index (χ1) is 11.4. The van der Waals surface area contributed by atoms with Gasteiger partial charge >= 0.3 is 0 Å². The fraction of sp³-hybridized carbons (Fsp3) is 0.588. The molecule has 0 radical (unpaired) electrons. The van der Waals surface area contributed by atoms with Crippen molar-refractivity contribution in [3.8, 4) is 0 Å². The number of nitrogens with zero attached hydrogens (tertiary/aromatic N) is 1. The van der Waals surface area contributed by atoms with E-state index in [1.165, 1.54) is 4.31 Å². The number of rotatable bonds is 4. The molecule has 2 saturated heterocycles. The molecule has 0 bridgehead atoms. The number of hydrogen-bond acceptors (Lipinski definition) is 4. The van der Waals surface area contributed by atoms with Gasteiger partial charge in [0.05, 0.1) is 11.4 Å². The molecule has 2 N–H and O–H groups in total. The molecule has 0 atom stereocenters. The van der Waals surface area contributed by atoms with E-state index in [2.05, 4.69) is 17.6 Å². The highest BCUT2D eigenvalue weighted by molar-refractivity contribution is 7.93. The van der Waals surface area contributed by atoms with Crippen molar-refractivity contribution >= 4 is 21.6 Å². The standard InChI is InChI=1S/C17H25N3O3S/c1-17(6-8-18-9-7-17)13-19-16(21)14-4-2-5-15(12-14)20-10-3-11-24(20,22)23/h2,4-5,12,18H,3,6-11,13H2,1H3,(H,19,21). The SMILES string of the molecule is CC1(CNC(=O)c2cccc(N3CCCS3(=O)=O)c2)CCNCC1. The summed E-state index contributed by atoms with van der Waals surface area (Å²) in [7, 11) is -3.23. The summed E-state index contributed by atoms with van der Waals surface area (Å²) in [6.45, 7) is 5.28. The molecule has 3 rings (SSSR count). The van der Waals surface area contributed by atoms with E-state index >= 15 is 0 Å². The predicted molar refractivity (Wildman–Crippen MR) is 94.7 cm³/mol. The lowest BCUT2D eigenvalue weighted by Gasteiger charge is -2.34. The van der Waals surface area contributed by atoms with Crippen LogP contribution in [-0.4, -0.2) is 46.3 Å². The summed E-state index contributed by atoms with van der Waals surface area (Å²) < 4.78 is 25.5. The molecule has 1 aromatic carbocycles. The summed E-state index contributed by atoms with van der Waals surface area (Å²) >= 11 is 0. The smallest absolute Gasteiger partial charge is 0.251 e. The van der Waals surface area contributed by atoms with Crippen molar-refractivity contribution in [2.45, 2.75) is 26.2 Å². The van der Waals surface area contributed by atoms with Crippen LogP contribution in [-0.2, 0) is 10.0 Å². The van der Waals surface area contributed by atoms with Gasteiger partial charge in [0, 0.05) is 18.7 Å². The van der Waals surface area contributed by atoms with Crippen LogP contribution in [0.1, 0.15) is 36.5 Å². The zero-order chi connectivity index (χ0) is 17.2. The van der Waals surface area contributed by atoms with Gasteiger partial charge < -0.3 is 10.6 Å². The van der Waals surface area contributed by atoms with Gasteiger partial charge in [-0.15, -0.1) is 0 Å². The topological polar surface area (TPSA) is 78.5 Å². The van der Waals surface area contributed by atoms with E-state index in [4.69, 9.17) is 0 Å². The summed E-state index contributed by atoms with van der Waals surface area (Å²) in [4.78, 5) is 12.5. The number of carbonyl (C=O) groups is 1. The van der Waals surface area contributed by atoms with Gasteiger partial charge in [0.2, 0.25) is 10.0 Å². The largest absolute Gasteiger partial charge is 0.351 e. The van der Waals surface area contributed by atoms with Crippen LogP contribution in [0.2, 0.25) is 0 Å². The Balaban J connectivity index is 1.68. The van der Waals surface area contributed by atoms with E-state index < -0.39 is 10.0 Å². The Kier molecular flexibility index (Phi) is 4.83. The van der Waals surface area contributed by atoms with Crippen molar-refractivity contribution in [3.05, 3.63) is 29.8 Å². The Morgan fingerprint density at radius 3 is 2.75 bits per heavy atom. The molecule has 0 unspecified atom stereocenters. The number of hydrogen-bond donors (Lipinski definition) is 2. The Morgan fingerprint density at radius 2 is 2.08 bits per heavy atom. The summed E-state index contributed by atoms with van der Waals surface area (Å²) in [5.74, 6) is 0.0312. The molecule has 2 aliphatic heterocycles. The molecule has 2 aliphatic rings. The molecule has 0 aromatic heterocycles. The maximum absolute atomic E-state index is 12.5. The average Bonchev–Trinajstić information content (AvgIpc) is 2.93. The number of anilines is 1. The second-order valence-corrected chi connectivity index (χ2v) is 9.05. The number of piperidine rings is 1. The van der Waals surface area contributed by atoms with Gasteiger partial charge in [0.25, 0.3) is 5.91 Å². The van der Waals surface area contributed by atoms with E-state index in [0.29, 0.717) is 30.8 Å². The van der Waals surface area contributed by atoms with Gasteiger partial charge in [0.1, 0.15) is 0 Å². The molecule has 2 heterocycles. The van der Waals surface area contributed by atoms with Crippen LogP contribution in [0, 0.1) is 5.41 Å². The van der Waals surface area contributed by atoms with Crippen molar-refractivity contribution in [2.75, 3.05) is 36.2 Å². The van der Waals surface area contributed by atoms with Gasteiger partial charge in [-0.3, -0.25) is 9.10 Å². The molecule has 7 heteroatoms. The van der Waals surface area contributed by atoms with Crippen molar-refractivity contribution in [1.29, 1.82) is 0 Å². The summed E-state index contributed by atoms with van der Waals surface area (Å²) in [6.07, 6.45) is 2.71. The molecule has 6 nitrogen and oxygen atoms in total. The summed E-state index contributed by atoms with van der Waals surface area (Å²) in [5.41, 5.74) is 1.21. The molecule has 132 valence electrons. The molecular weight excluding hydrogens is 326 g/mol. The normalized spacial score (nSPS) is 22.3. The van der Waals surface area contributed by atoms with Crippen LogP contribution in [0.25, 0.3) is 0 Å². The third-order valence-corrected chi connectivity index (χ3v) is 6.85. The monoisotopic (exact) mass is 351 g/mol. The highest BCUT2D eigenvalue weighted by Gasteiger charge is 2.29. The first kappa shape index (κ1) is 17.2. The summed E-state index contributed by atoms with van der Waals surface area (Å²) in [5, 5.41) is 6.34. The van der Waals surface area contributed by atoms with Gasteiger partial charge in [-0.05, 0) is 56.0 Å². The lowest BCUT2D eigenvalue weighted by molar-refractivity contribution is 0.0922. The van der Waals surface area contributed by atoms with E-state index in [0.717, 1.165) is 25.9 Å². The van der Waals surface area contributed by atoms with Crippen LogP contribution < -0.4 is 14.9 Å². The minimum absolute atomic E-state index is 0.122. The Bertz CT molecular complexity index is 712. The van der Waals surface area contributed by atoms with Crippen LogP contribution in [0.4, 0.5) is 5.69 Å². The van der Waals surface area contributed by atoms with Crippen LogP contribution in [0.5, 0.6) is 0 Å². The molecule has 0 spiro atoms. The molecule has 1 aromatic rings. The Labute approximate surface area is 143 Å². The number of amides is 1. The van der Waals surface area contributed by atoms with Gasteiger partial charge in [-0.2, -0.15) is 0 Å². The van der Waals surface area contributed by atoms with Crippen molar-refractivity contribution in [3.63, 3.8) is 0 Å². The third-order valence-electron chi connectivity index (χ3n) is 4.98. The van der Waals surface area contributed by atoms with Crippen molar-refractivity contribution in [2.24, 2.45) is 5.41 Å². The molecule has 24 heavy (non-hydrogen) atoms. The van der Waals surface area contributed by atoms with Crippen LogP contribution in [0.3, 0.4) is 0 Å². The lowest BCUT2D eigenvalue weighted by Crippen LogP contribution is -2.42. The van der Waals surface area contributed by atoms with Gasteiger partial charge in [-0.25, -0.2) is 8.42 Å². The van der Waals surface area contributed by atoms with Crippen molar-refractivity contribution < 1.29 is 13.2 Å². The first-order valence-corrected chi connectivity index (χ1v) is 10.1. The Hall–Kier alpha value is -1.60. The van der Waals surface area contributed by atoms with Crippen LogP contribution >= 0.6 is 0 Å². The number of sulfonamides is 1. The van der Waals surface area contributed by atoms with E-state index in [9.17, 15) is 13.2 Å². The fourth-order valence-corrected chi connectivity index (χ4v) is 4.89. The quantitative estimate of drug-likeness (QED) is 0.858. The summed E-state index contributed by atoms with van der Waals surface area (Å²) in [6, 6.07) is 6.88. The molecular formula is C17H25N3O3S. The van der Waals surface area contributed by atoms with E-state index in [1.807, 2.05) is 0 Å². The second kappa shape index (κ2) is 6.72. The zero-order valence-corrected chi connectivity index (χ0v) is 14.9.